The van der Waals surface area contributed by atoms with Crippen LogP contribution in [-0.2, 0) is 0 Å². The molecule has 0 radical (unpaired) electrons. The molecule has 1 N–H and O–H groups in total. The van der Waals surface area contributed by atoms with Crippen molar-refractivity contribution in [1.29, 1.82) is 0 Å². The lowest BCUT2D eigenvalue weighted by Gasteiger charge is -2.12. The number of oxime groups is 1. The number of benzene rings is 2. The molecule has 24 heavy (non-hydrogen) atoms. The first-order valence-electron chi connectivity index (χ1n) is 7.85. The van der Waals surface area contributed by atoms with E-state index < -0.39 is 0 Å². The van der Waals surface area contributed by atoms with Crippen molar-refractivity contribution in [2.45, 2.75) is 19.8 Å². The SMILES string of the molecule is COc1ccc(C=NO)cc1OCCOc1ccc(C(C)C)cc1. The Labute approximate surface area is 142 Å². The van der Waals surface area contributed by atoms with Crippen LogP contribution in [0.1, 0.15) is 30.9 Å². The summed E-state index contributed by atoms with van der Waals surface area (Å²) in [4.78, 5) is 0. The average molecular weight is 329 g/mol. The summed E-state index contributed by atoms with van der Waals surface area (Å²) in [7, 11) is 1.58. The minimum absolute atomic E-state index is 0.377. The van der Waals surface area contributed by atoms with Crippen LogP contribution in [0.15, 0.2) is 47.6 Å². The zero-order valence-electron chi connectivity index (χ0n) is 14.2. The molecule has 0 unspecified atom stereocenters. The van der Waals surface area contributed by atoms with Crippen molar-refractivity contribution in [1.82, 2.24) is 0 Å². The molecule has 2 rings (SSSR count). The van der Waals surface area contributed by atoms with Gasteiger partial charge in [-0.25, -0.2) is 0 Å². The van der Waals surface area contributed by atoms with E-state index >= 15 is 0 Å². The Morgan fingerprint density at radius 2 is 1.71 bits per heavy atom. The van der Waals surface area contributed by atoms with Crippen LogP contribution in [-0.4, -0.2) is 31.7 Å². The van der Waals surface area contributed by atoms with Crippen LogP contribution >= 0.6 is 0 Å². The van der Waals surface area contributed by atoms with Gasteiger partial charge in [-0.1, -0.05) is 31.1 Å². The first kappa shape index (κ1) is 17.7. The smallest absolute Gasteiger partial charge is 0.161 e. The number of methoxy groups -OCH3 is 1. The molecule has 0 saturated heterocycles. The van der Waals surface area contributed by atoms with Gasteiger partial charge in [-0.3, -0.25) is 0 Å². The highest BCUT2D eigenvalue weighted by Crippen LogP contribution is 2.27. The minimum Gasteiger partial charge on any atom is -0.493 e. The van der Waals surface area contributed by atoms with Crippen LogP contribution in [0, 0.1) is 0 Å². The summed E-state index contributed by atoms with van der Waals surface area (Å²) in [6, 6.07) is 13.4. The normalized spacial score (nSPS) is 11.0. The third kappa shape index (κ3) is 4.91. The second-order valence-electron chi connectivity index (χ2n) is 5.58. The van der Waals surface area contributed by atoms with Crippen molar-refractivity contribution in [3.63, 3.8) is 0 Å². The Morgan fingerprint density at radius 3 is 2.33 bits per heavy atom. The first-order chi connectivity index (χ1) is 11.6. The highest BCUT2D eigenvalue weighted by atomic mass is 16.5. The van der Waals surface area contributed by atoms with Gasteiger partial charge in [0.2, 0.25) is 0 Å². The standard InChI is InChI=1S/C19H23NO4/c1-14(2)16-5-7-17(8-6-16)23-10-11-24-19-12-15(13-20-21)4-9-18(19)22-3/h4-9,12-14,21H,10-11H2,1-3H3. The maximum absolute atomic E-state index is 8.61. The van der Waals surface area contributed by atoms with E-state index in [-0.39, 0.29) is 0 Å². The van der Waals surface area contributed by atoms with Gasteiger partial charge in [-0.05, 0) is 41.8 Å². The van der Waals surface area contributed by atoms with Gasteiger partial charge in [-0.15, -0.1) is 0 Å². The summed E-state index contributed by atoms with van der Waals surface area (Å²) in [5.74, 6) is 2.51. The second kappa shape index (κ2) is 8.82. The third-order valence-electron chi connectivity index (χ3n) is 3.55. The van der Waals surface area contributed by atoms with Crippen molar-refractivity contribution in [3.05, 3.63) is 53.6 Å². The molecule has 0 saturated carbocycles. The Balaban J connectivity index is 1.88. The molecule has 0 atom stereocenters. The zero-order chi connectivity index (χ0) is 17.4. The fourth-order valence-corrected chi connectivity index (χ4v) is 2.21. The summed E-state index contributed by atoms with van der Waals surface area (Å²) < 4.78 is 16.6. The van der Waals surface area contributed by atoms with Gasteiger partial charge in [0.05, 0.1) is 13.3 Å². The molecule has 0 aliphatic carbocycles. The van der Waals surface area contributed by atoms with Crippen LogP contribution in [0.4, 0.5) is 0 Å². The van der Waals surface area contributed by atoms with E-state index in [1.54, 1.807) is 25.3 Å². The summed E-state index contributed by atoms with van der Waals surface area (Å²) in [6.07, 6.45) is 1.33. The molecule has 5 nitrogen and oxygen atoms in total. The maximum atomic E-state index is 8.61. The first-order valence-corrected chi connectivity index (χ1v) is 7.85. The molecule has 2 aromatic carbocycles. The molecule has 128 valence electrons. The fourth-order valence-electron chi connectivity index (χ4n) is 2.21. The molecule has 0 spiro atoms. The molecule has 0 aromatic heterocycles. The van der Waals surface area contributed by atoms with E-state index in [4.69, 9.17) is 19.4 Å². The molecule has 0 heterocycles. The van der Waals surface area contributed by atoms with Crippen molar-refractivity contribution >= 4 is 6.21 Å². The van der Waals surface area contributed by atoms with E-state index in [1.165, 1.54) is 11.8 Å². The van der Waals surface area contributed by atoms with Gasteiger partial charge in [0.1, 0.15) is 19.0 Å². The highest BCUT2D eigenvalue weighted by molar-refractivity contribution is 5.80. The van der Waals surface area contributed by atoms with Gasteiger partial charge in [0.15, 0.2) is 11.5 Å². The number of hydrogen-bond donors (Lipinski definition) is 1. The van der Waals surface area contributed by atoms with Crippen LogP contribution < -0.4 is 14.2 Å². The van der Waals surface area contributed by atoms with E-state index in [0.717, 1.165) is 11.3 Å². The minimum atomic E-state index is 0.377. The Bertz CT molecular complexity index is 666. The molecule has 0 amide bonds. The number of nitrogens with zero attached hydrogens (tertiary/aromatic N) is 1. The lowest BCUT2D eigenvalue weighted by molar-refractivity contribution is 0.211. The van der Waals surface area contributed by atoms with Gasteiger partial charge >= 0.3 is 0 Å². The average Bonchev–Trinajstić information content (AvgIpc) is 2.59. The Kier molecular flexibility index (Phi) is 6.49. The molecule has 5 heteroatoms. The second-order valence-corrected chi connectivity index (χ2v) is 5.58. The molecule has 0 fully saturated rings. The van der Waals surface area contributed by atoms with Gasteiger partial charge in [-0.2, -0.15) is 0 Å². The number of hydrogen-bond acceptors (Lipinski definition) is 5. The monoisotopic (exact) mass is 329 g/mol. The van der Waals surface area contributed by atoms with Crippen molar-refractivity contribution in [3.8, 4) is 17.2 Å². The van der Waals surface area contributed by atoms with E-state index in [0.29, 0.717) is 30.6 Å². The van der Waals surface area contributed by atoms with Crippen molar-refractivity contribution in [2.24, 2.45) is 5.16 Å². The Hall–Kier alpha value is -2.69. The fraction of sp³-hybridized carbons (Fsp3) is 0.316. The van der Waals surface area contributed by atoms with E-state index in [2.05, 4.69) is 31.1 Å². The van der Waals surface area contributed by atoms with E-state index in [9.17, 15) is 0 Å². The molecular formula is C19H23NO4. The third-order valence-corrected chi connectivity index (χ3v) is 3.55. The van der Waals surface area contributed by atoms with Crippen molar-refractivity contribution < 1.29 is 19.4 Å². The van der Waals surface area contributed by atoms with Crippen LogP contribution in [0.2, 0.25) is 0 Å². The molecule has 0 aliphatic rings. The largest absolute Gasteiger partial charge is 0.493 e. The summed E-state index contributed by atoms with van der Waals surface area (Å²) in [5, 5.41) is 11.6. The van der Waals surface area contributed by atoms with Gasteiger partial charge < -0.3 is 19.4 Å². The molecular weight excluding hydrogens is 306 g/mol. The van der Waals surface area contributed by atoms with Crippen LogP contribution in [0.3, 0.4) is 0 Å². The lowest BCUT2D eigenvalue weighted by Crippen LogP contribution is -2.09. The summed E-state index contributed by atoms with van der Waals surface area (Å²) in [6.45, 7) is 5.12. The van der Waals surface area contributed by atoms with Gasteiger partial charge in [0, 0.05) is 5.56 Å². The lowest BCUT2D eigenvalue weighted by atomic mass is 10.0. The highest BCUT2D eigenvalue weighted by Gasteiger charge is 2.06. The molecule has 2 aromatic rings. The van der Waals surface area contributed by atoms with Gasteiger partial charge in [0.25, 0.3) is 0 Å². The zero-order valence-corrected chi connectivity index (χ0v) is 14.2. The number of rotatable bonds is 8. The predicted octanol–water partition coefficient (Wildman–Crippen LogP) is 4.08. The quantitative estimate of drug-likeness (QED) is 0.343. The molecule has 0 bridgehead atoms. The van der Waals surface area contributed by atoms with Crippen LogP contribution in [0.5, 0.6) is 17.2 Å². The predicted molar refractivity (Wildman–Crippen MR) is 93.9 cm³/mol. The summed E-state index contributed by atoms with van der Waals surface area (Å²) in [5.41, 5.74) is 2.00. The van der Waals surface area contributed by atoms with Crippen LogP contribution in [0.25, 0.3) is 0 Å². The maximum Gasteiger partial charge on any atom is 0.161 e. The van der Waals surface area contributed by atoms with Crippen molar-refractivity contribution in [2.75, 3.05) is 20.3 Å². The summed E-state index contributed by atoms with van der Waals surface area (Å²) >= 11 is 0. The topological polar surface area (TPSA) is 60.3 Å². The molecule has 0 aliphatic heterocycles. The van der Waals surface area contributed by atoms with E-state index in [1.807, 2.05) is 12.1 Å². The Morgan fingerprint density at radius 1 is 1.00 bits per heavy atom. The number of ether oxygens (including phenoxy) is 3.